The molecule has 1 heterocycles. The van der Waals surface area contributed by atoms with Crippen molar-refractivity contribution >= 4 is 12.0 Å². The van der Waals surface area contributed by atoms with E-state index in [1.165, 1.54) is 0 Å². The number of para-hydroxylation sites is 1. The van der Waals surface area contributed by atoms with Crippen molar-refractivity contribution in [1.29, 1.82) is 0 Å². The Labute approximate surface area is 194 Å². The molecule has 6 nitrogen and oxygen atoms in total. The van der Waals surface area contributed by atoms with Crippen LogP contribution in [0.15, 0.2) is 78.9 Å². The van der Waals surface area contributed by atoms with E-state index in [2.05, 4.69) is 5.32 Å². The molecule has 33 heavy (non-hydrogen) atoms. The molecule has 1 aliphatic rings. The van der Waals surface area contributed by atoms with Crippen molar-refractivity contribution in [2.45, 2.75) is 26.1 Å². The highest BCUT2D eigenvalue weighted by molar-refractivity contribution is 5.94. The number of ether oxygens (including phenoxy) is 2. The maximum absolute atomic E-state index is 12.9. The lowest BCUT2D eigenvalue weighted by Gasteiger charge is -2.25. The summed E-state index contributed by atoms with van der Waals surface area (Å²) in [6, 6.07) is 24.9. The fourth-order valence-electron chi connectivity index (χ4n) is 3.86. The van der Waals surface area contributed by atoms with Gasteiger partial charge in [0.05, 0.1) is 6.54 Å². The van der Waals surface area contributed by atoms with Crippen LogP contribution >= 0.6 is 0 Å². The predicted octanol–water partition coefficient (Wildman–Crippen LogP) is 4.37. The van der Waals surface area contributed by atoms with Gasteiger partial charge < -0.3 is 19.7 Å². The number of fused-ring (bicyclic) bond motifs is 1. The van der Waals surface area contributed by atoms with E-state index >= 15 is 0 Å². The Morgan fingerprint density at radius 1 is 1.03 bits per heavy atom. The van der Waals surface area contributed by atoms with Gasteiger partial charge in [0.15, 0.2) is 0 Å². The Morgan fingerprint density at radius 3 is 2.61 bits per heavy atom. The minimum absolute atomic E-state index is 0.154. The van der Waals surface area contributed by atoms with Crippen LogP contribution in [0.25, 0.3) is 0 Å². The van der Waals surface area contributed by atoms with Crippen LogP contribution in [0.4, 0.5) is 4.79 Å². The number of rotatable bonds is 8. The number of amides is 2. The van der Waals surface area contributed by atoms with Crippen molar-refractivity contribution in [3.63, 3.8) is 0 Å². The van der Waals surface area contributed by atoms with E-state index in [4.69, 9.17) is 9.47 Å². The van der Waals surface area contributed by atoms with Crippen LogP contribution in [0.1, 0.15) is 27.0 Å². The first-order valence-corrected chi connectivity index (χ1v) is 11.1. The molecule has 0 fully saturated rings. The quantitative estimate of drug-likeness (QED) is 0.560. The number of nitrogens with zero attached hydrogens (tertiary/aromatic N) is 1. The summed E-state index contributed by atoms with van der Waals surface area (Å²) in [7, 11) is 0. The number of carbonyl (C=O) groups excluding carboxylic acids is 2. The predicted molar refractivity (Wildman–Crippen MR) is 126 cm³/mol. The summed E-state index contributed by atoms with van der Waals surface area (Å²) in [5.74, 6) is 0.689. The first kappa shape index (κ1) is 22.4. The normalized spacial score (nSPS) is 14.2. The van der Waals surface area contributed by atoms with Crippen molar-refractivity contribution in [2.75, 3.05) is 19.6 Å². The standard InChI is InChI=1S/C27H28N2O4/c1-20-8-7-12-23(16-20)26(30)28-14-15-29(27(31)32-19-21-9-3-2-4-10-21)18-24-17-22-11-5-6-13-25(22)33-24/h2-13,16,24H,14-15,17-19H2,1H3,(H,28,30). The molecular weight excluding hydrogens is 416 g/mol. The summed E-state index contributed by atoms with van der Waals surface area (Å²) in [5, 5.41) is 2.90. The van der Waals surface area contributed by atoms with Gasteiger partial charge in [-0.05, 0) is 36.2 Å². The molecule has 0 radical (unpaired) electrons. The molecule has 1 atom stereocenters. The number of benzene rings is 3. The highest BCUT2D eigenvalue weighted by Crippen LogP contribution is 2.28. The van der Waals surface area contributed by atoms with Crippen LogP contribution in [0, 0.1) is 6.92 Å². The van der Waals surface area contributed by atoms with Gasteiger partial charge >= 0.3 is 6.09 Å². The molecule has 3 aromatic carbocycles. The van der Waals surface area contributed by atoms with Gasteiger partial charge in [0.25, 0.3) is 5.91 Å². The molecule has 1 unspecified atom stereocenters. The topological polar surface area (TPSA) is 67.9 Å². The highest BCUT2D eigenvalue weighted by Gasteiger charge is 2.27. The minimum Gasteiger partial charge on any atom is -0.488 e. The van der Waals surface area contributed by atoms with Crippen molar-refractivity contribution in [3.8, 4) is 5.75 Å². The van der Waals surface area contributed by atoms with Gasteiger partial charge in [-0.25, -0.2) is 4.79 Å². The van der Waals surface area contributed by atoms with E-state index in [9.17, 15) is 9.59 Å². The number of aryl methyl sites for hydroxylation is 1. The second-order valence-corrected chi connectivity index (χ2v) is 8.16. The zero-order valence-corrected chi connectivity index (χ0v) is 18.7. The summed E-state index contributed by atoms with van der Waals surface area (Å²) < 4.78 is 11.6. The highest BCUT2D eigenvalue weighted by atomic mass is 16.6. The van der Waals surface area contributed by atoms with Gasteiger partial charge in [0.2, 0.25) is 0 Å². The van der Waals surface area contributed by atoms with Crippen molar-refractivity contribution in [2.24, 2.45) is 0 Å². The van der Waals surface area contributed by atoms with Crippen molar-refractivity contribution in [1.82, 2.24) is 10.2 Å². The summed E-state index contributed by atoms with van der Waals surface area (Å²) >= 11 is 0. The smallest absolute Gasteiger partial charge is 0.410 e. The Kier molecular flexibility index (Phi) is 7.25. The lowest BCUT2D eigenvalue weighted by Crippen LogP contribution is -2.43. The lowest BCUT2D eigenvalue weighted by atomic mass is 10.1. The summed E-state index contributed by atoms with van der Waals surface area (Å²) in [4.78, 5) is 27.0. The van der Waals surface area contributed by atoms with Crippen LogP contribution in [0.3, 0.4) is 0 Å². The van der Waals surface area contributed by atoms with Gasteiger partial charge in [-0.2, -0.15) is 0 Å². The third kappa shape index (κ3) is 6.13. The van der Waals surface area contributed by atoms with Gasteiger partial charge in [-0.3, -0.25) is 4.79 Å². The molecular formula is C27H28N2O4. The van der Waals surface area contributed by atoms with Gasteiger partial charge in [-0.15, -0.1) is 0 Å². The Balaban J connectivity index is 1.36. The Bertz CT molecular complexity index is 1080. The molecule has 0 aromatic heterocycles. The second kappa shape index (κ2) is 10.7. The Morgan fingerprint density at radius 2 is 1.82 bits per heavy atom. The molecule has 3 aromatic rings. The van der Waals surface area contributed by atoms with Gasteiger partial charge in [-0.1, -0.05) is 66.2 Å². The molecule has 2 amide bonds. The lowest BCUT2D eigenvalue weighted by molar-refractivity contribution is 0.0779. The van der Waals surface area contributed by atoms with Gasteiger partial charge in [0, 0.05) is 25.1 Å². The van der Waals surface area contributed by atoms with E-state index in [1.807, 2.05) is 79.7 Å². The molecule has 0 aliphatic carbocycles. The first-order valence-electron chi connectivity index (χ1n) is 11.1. The number of hydrogen-bond donors (Lipinski definition) is 1. The van der Waals surface area contributed by atoms with Crippen molar-refractivity contribution in [3.05, 3.63) is 101 Å². The third-order valence-electron chi connectivity index (χ3n) is 5.55. The molecule has 4 rings (SSSR count). The fraction of sp³-hybridized carbons (Fsp3) is 0.259. The SMILES string of the molecule is Cc1cccc(C(=O)NCCN(CC2Cc3ccccc3O2)C(=O)OCc2ccccc2)c1. The molecule has 0 saturated carbocycles. The van der Waals surface area contributed by atoms with E-state index in [0.29, 0.717) is 25.2 Å². The van der Waals surface area contributed by atoms with Gasteiger partial charge in [0.1, 0.15) is 18.5 Å². The zero-order valence-electron chi connectivity index (χ0n) is 18.7. The third-order valence-corrected chi connectivity index (χ3v) is 5.55. The molecule has 1 aliphatic heterocycles. The van der Waals surface area contributed by atoms with E-state index in [0.717, 1.165) is 28.9 Å². The van der Waals surface area contributed by atoms with Crippen LogP contribution in [-0.2, 0) is 17.8 Å². The van der Waals surface area contributed by atoms with Crippen LogP contribution in [0.5, 0.6) is 5.75 Å². The number of carbonyl (C=O) groups is 2. The largest absolute Gasteiger partial charge is 0.488 e. The van der Waals surface area contributed by atoms with Crippen LogP contribution < -0.4 is 10.1 Å². The summed E-state index contributed by atoms with van der Waals surface area (Å²) in [5.41, 5.74) is 3.67. The maximum atomic E-state index is 12.9. The van der Waals surface area contributed by atoms with E-state index in [-0.39, 0.29) is 18.6 Å². The summed E-state index contributed by atoms with van der Waals surface area (Å²) in [6.07, 6.45) is 0.149. The molecule has 0 spiro atoms. The van der Waals surface area contributed by atoms with Crippen molar-refractivity contribution < 1.29 is 19.1 Å². The van der Waals surface area contributed by atoms with E-state index in [1.54, 1.807) is 11.0 Å². The monoisotopic (exact) mass is 444 g/mol. The average molecular weight is 445 g/mol. The maximum Gasteiger partial charge on any atom is 0.410 e. The van der Waals surface area contributed by atoms with Crippen LogP contribution in [0.2, 0.25) is 0 Å². The molecule has 0 saturated heterocycles. The van der Waals surface area contributed by atoms with Crippen LogP contribution in [-0.4, -0.2) is 42.6 Å². The molecule has 6 heteroatoms. The number of nitrogens with one attached hydrogen (secondary N) is 1. The molecule has 0 bridgehead atoms. The average Bonchev–Trinajstić information content (AvgIpc) is 3.25. The second-order valence-electron chi connectivity index (χ2n) is 8.16. The number of hydrogen-bond acceptors (Lipinski definition) is 4. The zero-order chi connectivity index (χ0) is 23.0. The summed E-state index contributed by atoms with van der Waals surface area (Å²) in [6.45, 7) is 3.15. The Hall–Kier alpha value is -3.80. The first-order chi connectivity index (χ1) is 16.1. The molecule has 170 valence electrons. The fourth-order valence-corrected chi connectivity index (χ4v) is 3.86. The minimum atomic E-state index is -0.428. The molecule has 1 N–H and O–H groups in total. The van der Waals surface area contributed by atoms with E-state index < -0.39 is 6.09 Å².